The quantitative estimate of drug-likeness (QED) is 0.883. The van der Waals surface area contributed by atoms with Gasteiger partial charge < -0.3 is 5.32 Å². The van der Waals surface area contributed by atoms with E-state index < -0.39 is 0 Å². The first kappa shape index (κ1) is 11.6. The normalized spacial score (nSPS) is 25.4. The summed E-state index contributed by atoms with van der Waals surface area (Å²) in [5.74, 6) is 2.26. The molecule has 2 atom stereocenters. The summed E-state index contributed by atoms with van der Waals surface area (Å²) in [7, 11) is 0. The van der Waals surface area contributed by atoms with Crippen LogP contribution >= 0.6 is 11.6 Å². The van der Waals surface area contributed by atoms with Gasteiger partial charge in [0.2, 0.25) is 5.28 Å². The Hall–Kier alpha value is -0.900. The van der Waals surface area contributed by atoms with Gasteiger partial charge in [-0.05, 0) is 29.9 Å². The molecule has 1 aromatic rings. The lowest BCUT2D eigenvalue weighted by Crippen LogP contribution is -2.24. The van der Waals surface area contributed by atoms with Crippen LogP contribution < -0.4 is 5.32 Å². The minimum atomic E-state index is 0.196. The van der Waals surface area contributed by atoms with Crippen molar-refractivity contribution in [2.75, 3.05) is 11.9 Å². The summed E-state index contributed by atoms with van der Waals surface area (Å²) in [5.41, 5.74) is 0. The minimum Gasteiger partial charge on any atom is -0.368 e. The maximum Gasteiger partial charge on any atom is 0.244 e. The second kappa shape index (κ2) is 5.43. The third-order valence-corrected chi connectivity index (χ3v) is 3.53. The zero-order valence-corrected chi connectivity index (χ0v) is 10.2. The molecule has 1 N–H and O–H groups in total. The van der Waals surface area contributed by atoms with Gasteiger partial charge in [0, 0.05) is 6.54 Å². The number of aromatic nitrogens is 3. The molecule has 2 unspecified atom stereocenters. The van der Waals surface area contributed by atoms with Crippen molar-refractivity contribution in [2.45, 2.75) is 32.6 Å². The van der Waals surface area contributed by atoms with Crippen LogP contribution in [0.4, 0.5) is 5.82 Å². The summed E-state index contributed by atoms with van der Waals surface area (Å²) in [5, 5.41) is 10.9. The summed E-state index contributed by atoms with van der Waals surface area (Å²) in [4.78, 5) is 4.06. The lowest BCUT2D eigenvalue weighted by molar-refractivity contribution is 0.268. The smallest absolute Gasteiger partial charge is 0.244 e. The predicted molar refractivity (Wildman–Crippen MR) is 64.4 cm³/mol. The van der Waals surface area contributed by atoms with Gasteiger partial charge >= 0.3 is 0 Å². The van der Waals surface area contributed by atoms with Gasteiger partial charge in [-0.3, -0.25) is 0 Å². The van der Waals surface area contributed by atoms with E-state index in [9.17, 15) is 0 Å². The zero-order chi connectivity index (χ0) is 11.4. The van der Waals surface area contributed by atoms with E-state index in [0.717, 1.165) is 24.2 Å². The fraction of sp³-hybridized carbons (Fsp3) is 0.727. The Balaban J connectivity index is 1.86. The molecule has 16 heavy (non-hydrogen) atoms. The topological polar surface area (TPSA) is 50.7 Å². The van der Waals surface area contributed by atoms with E-state index in [1.54, 1.807) is 6.20 Å². The van der Waals surface area contributed by atoms with E-state index >= 15 is 0 Å². The number of nitrogens with one attached hydrogen (secondary N) is 1. The Morgan fingerprint density at radius 1 is 1.44 bits per heavy atom. The Bertz CT molecular complexity index is 345. The molecule has 0 radical (unpaired) electrons. The van der Waals surface area contributed by atoms with Crippen molar-refractivity contribution in [3.05, 3.63) is 11.5 Å². The van der Waals surface area contributed by atoms with E-state index in [4.69, 9.17) is 11.6 Å². The maximum absolute atomic E-state index is 5.67. The monoisotopic (exact) mass is 240 g/mol. The Kier molecular flexibility index (Phi) is 3.93. The van der Waals surface area contributed by atoms with Crippen LogP contribution in [0.2, 0.25) is 5.28 Å². The van der Waals surface area contributed by atoms with Crippen molar-refractivity contribution in [1.82, 2.24) is 15.2 Å². The first-order valence-electron chi connectivity index (χ1n) is 5.85. The molecule has 88 valence electrons. The van der Waals surface area contributed by atoms with Crippen LogP contribution in [0, 0.1) is 11.8 Å². The highest BCUT2D eigenvalue weighted by atomic mass is 35.5. The molecule has 1 saturated carbocycles. The van der Waals surface area contributed by atoms with Crippen molar-refractivity contribution >= 4 is 17.4 Å². The molecule has 0 saturated heterocycles. The third kappa shape index (κ3) is 3.04. The molecule has 1 fully saturated rings. The van der Waals surface area contributed by atoms with E-state index in [-0.39, 0.29) is 5.28 Å². The molecule has 5 heteroatoms. The second-order valence-electron chi connectivity index (χ2n) is 4.51. The fourth-order valence-corrected chi connectivity index (χ4v) is 2.43. The summed E-state index contributed by atoms with van der Waals surface area (Å²) < 4.78 is 0. The van der Waals surface area contributed by atoms with Crippen LogP contribution in [0.5, 0.6) is 0 Å². The first-order valence-corrected chi connectivity index (χ1v) is 6.22. The van der Waals surface area contributed by atoms with Gasteiger partial charge in [0.05, 0.1) is 6.20 Å². The molecule has 2 rings (SSSR count). The molecular formula is C11H17ClN4. The lowest BCUT2D eigenvalue weighted by atomic mass is 9.80. The summed E-state index contributed by atoms with van der Waals surface area (Å²) >= 11 is 5.67. The number of anilines is 1. The average Bonchev–Trinajstić information content (AvgIpc) is 2.28. The van der Waals surface area contributed by atoms with Crippen LogP contribution in [0.25, 0.3) is 0 Å². The van der Waals surface area contributed by atoms with Gasteiger partial charge in [0.25, 0.3) is 0 Å². The largest absolute Gasteiger partial charge is 0.368 e. The molecule has 1 aliphatic rings. The van der Waals surface area contributed by atoms with Gasteiger partial charge in [-0.25, -0.2) is 0 Å². The standard InChI is InChI=1S/C11H17ClN4/c1-8-4-2-3-5-9(8)6-13-10-7-14-16-11(12)15-10/h7-9H,2-6H2,1H3,(H,13,15,16). The van der Waals surface area contributed by atoms with Crippen LogP contribution in [0.15, 0.2) is 6.20 Å². The van der Waals surface area contributed by atoms with Gasteiger partial charge in [-0.2, -0.15) is 10.1 Å². The third-order valence-electron chi connectivity index (χ3n) is 3.37. The molecule has 0 aromatic carbocycles. The Morgan fingerprint density at radius 2 is 2.25 bits per heavy atom. The maximum atomic E-state index is 5.67. The van der Waals surface area contributed by atoms with Crippen LogP contribution in [0.1, 0.15) is 32.6 Å². The minimum absolute atomic E-state index is 0.196. The summed E-state index contributed by atoms with van der Waals surface area (Å²) in [6.45, 7) is 3.28. The Morgan fingerprint density at radius 3 is 3.00 bits per heavy atom. The van der Waals surface area contributed by atoms with Crippen molar-refractivity contribution in [3.8, 4) is 0 Å². The molecule has 1 aromatic heterocycles. The van der Waals surface area contributed by atoms with Crippen LogP contribution in [-0.2, 0) is 0 Å². The van der Waals surface area contributed by atoms with E-state index in [1.807, 2.05) is 0 Å². The van der Waals surface area contributed by atoms with Gasteiger partial charge in [-0.1, -0.05) is 26.2 Å². The highest BCUT2D eigenvalue weighted by molar-refractivity contribution is 6.28. The molecule has 0 spiro atoms. The van der Waals surface area contributed by atoms with Crippen molar-refractivity contribution < 1.29 is 0 Å². The van der Waals surface area contributed by atoms with Gasteiger partial charge in [0.15, 0.2) is 0 Å². The number of hydrogen-bond donors (Lipinski definition) is 1. The second-order valence-corrected chi connectivity index (χ2v) is 4.85. The molecular weight excluding hydrogens is 224 g/mol. The van der Waals surface area contributed by atoms with Crippen molar-refractivity contribution in [1.29, 1.82) is 0 Å². The number of rotatable bonds is 3. The molecule has 1 heterocycles. The average molecular weight is 241 g/mol. The van der Waals surface area contributed by atoms with Crippen molar-refractivity contribution in [3.63, 3.8) is 0 Å². The van der Waals surface area contributed by atoms with Gasteiger partial charge in [-0.15, -0.1) is 5.10 Å². The number of nitrogens with zero attached hydrogens (tertiary/aromatic N) is 3. The summed E-state index contributed by atoms with van der Waals surface area (Å²) in [6, 6.07) is 0. The molecule has 0 bridgehead atoms. The fourth-order valence-electron chi connectivity index (χ4n) is 2.30. The highest BCUT2D eigenvalue weighted by Gasteiger charge is 2.20. The predicted octanol–water partition coefficient (Wildman–Crippen LogP) is 2.76. The van der Waals surface area contributed by atoms with E-state index in [0.29, 0.717) is 0 Å². The first-order chi connectivity index (χ1) is 7.75. The zero-order valence-electron chi connectivity index (χ0n) is 9.49. The molecule has 0 amide bonds. The van der Waals surface area contributed by atoms with Crippen molar-refractivity contribution in [2.24, 2.45) is 11.8 Å². The molecule has 1 aliphatic carbocycles. The molecule has 4 nitrogen and oxygen atoms in total. The molecule has 0 aliphatic heterocycles. The Labute approximate surface area is 101 Å². The van der Waals surface area contributed by atoms with Gasteiger partial charge in [0.1, 0.15) is 5.82 Å². The number of halogens is 1. The summed E-state index contributed by atoms with van der Waals surface area (Å²) in [6.07, 6.45) is 6.98. The van der Waals surface area contributed by atoms with Crippen LogP contribution in [0.3, 0.4) is 0 Å². The van der Waals surface area contributed by atoms with Crippen LogP contribution in [-0.4, -0.2) is 21.7 Å². The lowest BCUT2D eigenvalue weighted by Gasteiger charge is -2.28. The van der Waals surface area contributed by atoms with E-state index in [2.05, 4.69) is 27.4 Å². The number of hydrogen-bond acceptors (Lipinski definition) is 4. The highest BCUT2D eigenvalue weighted by Crippen LogP contribution is 2.29. The van der Waals surface area contributed by atoms with E-state index in [1.165, 1.54) is 25.7 Å². The SMILES string of the molecule is CC1CCCCC1CNc1cnnc(Cl)n1.